The lowest BCUT2D eigenvalue weighted by atomic mass is 9.97. The third kappa shape index (κ3) is 3.10. The summed E-state index contributed by atoms with van der Waals surface area (Å²) in [5.41, 5.74) is 4.50. The van der Waals surface area contributed by atoms with E-state index in [-0.39, 0.29) is 23.8 Å². The zero-order valence-electron chi connectivity index (χ0n) is 11.3. The second-order valence-electron chi connectivity index (χ2n) is 5.06. The number of halogens is 1. The van der Waals surface area contributed by atoms with Gasteiger partial charge in [0.25, 0.3) is 11.6 Å². The number of nitrogen functional groups attached to an aromatic ring is 1. The Morgan fingerprint density at radius 3 is 2.62 bits per heavy atom. The van der Waals surface area contributed by atoms with Gasteiger partial charge in [-0.3, -0.25) is 14.9 Å². The van der Waals surface area contributed by atoms with Crippen molar-refractivity contribution in [2.45, 2.75) is 12.8 Å². The highest BCUT2D eigenvalue weighted by Gasteiger charge is 2.28. The molecule has 8 heteroatoms. The maximum absolute atomic E-state index is 13.4. The molecule has 1 aliphatic rings. The molecule has 1 fully saturated rings. The summed E-state index contributed by atoms with van der Waals surface area (Å²) in [6.07, 6.45) is 1.28. The molecule has 3 N–H and O–H groups in total. The number of hydrogen-bond acceptors (Lipinski definition) is 5. The van der Waals surface area contributed by atoms with E-state index in [2.05, 4.69) is 0 Å². The molecule has 1 aromatic rings. The van der Waals surface area contributed by atoms with Gasteiger partial charge in [0, 0.05) is 19.7 Å². The van der Waals surface area contributed by atoms with E-state index >= 15 is 0 Å². The van der Waals surface area contributed by atoms with Gasteiger partial charge >= 0.3 is 0 Å². The lowest BCUT2D eigenvalue weighted by Crippen LogP contribution is -2.39. The molecule has 0 atom stereocenters. The minimum absolute atomic E-state index is 0.0651. The molecular formula is C13H16FN3O4. The van der Waals surface area contributed by atoms with Crippen LogP contribution < -0.4 is 5.73 Å². The molecule has 1 amide bonds. The van der Waals surface area contributed by atoms with Crippen molar-refractivity contribution in [3.8, 4) is 0 Å². The van der Waals surface area contributed by atoms with Crippen molar-refractivity contribution in [3.05, 3.63) is 33.6 Å². The predicted octanol–water partition coefficient (Wildman–Crippen LogP) is 1.16. The highest BCUT2D eigenvalue weighted by Crippen LogP contribution is 2.29. The number of rotatable bonds is 3. The molecule has 1 aromatic carbocycles. The lowest BCUT2D eigenvalue weighted by Gasteiger charge is -2.31. The Morgan fingerprint density at radius 1 is 1.48 bits per heavy atom. The van der Waals surface area contributed by atoms with Gasteiger partial charge in [0.2, 0.25) is 0 Å². The van der Waals surface area contributed by atoms with Crippen molar-refractivity contribution in [1.82, 2.24) is 4.90 Å². The first-order valence-electron chi connectivity index (χ1n) is 6.57. The van der Waals surface area contributed by atoms with E-state index in [1.54, 1.807) is 0 Å². The molecule has 1 aliphatic heterocycles. The Balaban J connectivity index is 2.26. The van der Waals surface area contributed by atoms with Crippen molar-refractivity contribution in [2.24, 2.45) is 5.92 Å². The molecule has 0 unspecified atom stereocenters. The fourth-order valence-electron chi connectivity index (χ4n) is 2.42. The molecule has 1 heterocycles. The largest absolute Gasteiger partial charge is 0.396 e. The predicted molar refractivity (Wildman–Crippen MR) is 73.2 cm³/mol. The van der Waals surface area contributed by atoms with Crippen LogP contribution in [0.25, 0.3) is 0 Å². The Kier molecular flexibility index (Phi) is 4.37. The third-order valence-electron chi connectivity index (χ3n) is 3.71. The van der Waals surface area contributed by atoms with Gasteiger partial charge in [0.05, 0.1) is 16.6 Å². The average molecular weight is 297 g/mol. The number of hydrogen-bond donors (Lipinski definition) is 2. The average Bonchev–Trinajstić information content (AvgIpc) is 2.48. The maximum Gasteiger partial charge on any atom is 0.295 e. The number of nitrogens with two attached hydrogens (primary N) is 1. The SMILES string of the molecule is Nc1c(C(=O)N2CCC(CO)CC2)cc(F)cc1[N+](=O)[O-]. The Morgan fingerprint density at radius 2 is 2.10 bits per heavy atom. The topological polar surface area (TPSA) is 110 Å². The monoisotopic (exact) mass is 297 g/mol. The summed E-state index contributed by atoms with van der Waals surface area (Å²) >= 11 is 0. The van der Waals surface area contributed by atoms with Crippen LogP contribution in [0.3, 0.4) is 0 Å². The maximum atomic E-state index is 13.4. The van der Waals surface area contributed by atoms with E-state index in [0.717, 1.165) is 6.07 Å². The van der Waals surface area contributed by atoms with Crippen LogP contribution in [0.5, 0.6) is 0 Å². The van der Waals surface area contributed by atoms with Gasteiger partial charge in [0.1, 0.15) is 11.5 Å². The molecule has 21 heavy (non-hydrogen) atoms. The number of amides is 1. The number of likely N-dealkylation sites (tertiary alicyclic amines) is 1. The number of aliphatic hydroxyl groups is 1. The molecular weight excluding hydrogens is 281 g/mol. The summed E-state index contributed by atoms with van der Waals surface area (Å²) in [4.78, 5) is 23.8. The Bertz CT molecular complexity index is 571. The molecule has 0 spiro atoms. The van der Waals surface area contributed by atoms with E-state index in [0.29, 0.717) is 32.0 Å². The smallest absolute Gasteiger partial charge is 0.295 e. The van der Waals surface area contributed by atoms with Crippen LogP contribution in [-0.4, -0.2) is 40.5 Å². The van der Waals surface area contributed by atoms with Gasteiger partial charge in [-0.2, -0.15) is 0 Å². The van der Waals surface area contributed by atoms with Crippen LogP contribution in [0.1, 0.15) is 23.2 Å². The lowest BCUT2D eigenvalue weighted by molar-refractivity contribution is -0.384. The number of benzene rings is 1. The zero-order chi connectivity index (χ0) is 15.6. The van der Waals surface area contributed by atoms with Crippen LogP contribution in [-0.2, 0) is 0 Å². The molecule has 0 bridgehead atoms. The Hall–Kier alpha value is -2.22. The summed E-state index contributed by atoms with van der Waals surface area (Å²) in [5.74, 6) is -1.25. The van der Waals surface area contributed by atoms with Crippen molar-refractivity contribution < 1.29 is 19.2 Å². The number of carbonyl (C=O) groups is 1. The molecule has 1 saturated heterocycles. The van der Waals surface area contributed by atoms with Crippen molar-refractivity contribution in [3.63, 3.8) is 0 Å². The quantitative estimate of drug-likeness (QED) is 0.494. The van der Waals surface area contributed by atoms with Gasteiger partial charge in [0.15, 0.2) is 0 Å². The number of carbonyl (C=O) groups excluding carboxylic acids is 1. The van der Waals surface area contributed by atoms with Crippen LogP contribution >= 0.6 is 0 Å². The number of piperidine rings is 1. The molecule has 0 aromatic heterocycles. The second kappa shape index (κ2) is 6.04. The summed E-state index contributed by atoms with van der Waals surface area (Å²) in [6.45, 7) is 0.886. The summed E-state index contributed by atoms with van der Waals surface area (Å²) in [5, 5.41) is 19.9. The molecule has 0 saturated carbocycles. The normalized spacial score (nSPS) is 16.0. The van der Waals surface area contributed by atoms with E-state index < -0.39 is 22.3 Å². The van der Waals surface area contributed by atoms with E-state index in [1.165, 1.54) is 4.90 Å². The number of nitrogens with zero attached hydrogens (tertiary/aromatic N) is 2. The second-order valence-corrected chi connectivity index (χ2v) is 5.06. The molecule has 0 aliphatic carbocycles. The van der Waals surface area contributed by atoms with Crippen LogP contribution in [0, 0.1) is 21.8 Å². The van der Waals surface area contributed by atoms with Gasteiger partial charge in [-0.25, -0.2) is 4.39 Å². The van der Waals surface area contributed by atoms with Gasteiger partial charge in [-0.1, -0.05) is 0 Å². The number of aliphatic hydroxyl groups excluding tert-OH is 1. The van der Waals surface area contributed by atoms with Gasteiger partial charge in [-0.15, -0.1) is 0 Å². The third-order valence-corrected chi connectivity index (χ3v) is 3.71. The van der Waals surface area contributed by atoms with E-state index in [1.807, 2.05) is 0 Å². The minimum atomic E-state index is -0.871. The zero-order valence-corrected chi connectivity index (χ0v) is 11.3. The van der Waals surface area contributed by atoms with E-state index in [4.69, 9.17) is 10.8 Å². The van der Waals surface area contributed by atoms with Crippen LogP contribution in [0.2, 0.25) is 0 Å². The molecule has 2 rings (SSSR count). The fraction of sp³-hybridized carbons (Fsp3) is 0.462. The van der Waals surface area contributed by atoms with Gasteiger partial charge in [-0.05, 0) is 24.8 Å². The van der Waals surface area contributed by atoms with E-state index in [9.17, 15) is 19.3 Å². The standard InChI is InChI=1S/C13H16FN3O4/c14-9-5-10(12(15)11(6-9)17(20)21)13(19)16-3-1-8(7-18)2-4-16/h5-6,8,18H,1-4,7,15H2. The first kappa shape index (κ1) is 15.2. The van der Waals surface area contributed by atoms with Crippen molar-refractivity contribution in [1.29, 1.82) is 0 Å². The first-order chi connectivity index (χ1) is 9.93. The summed E-state index contributed by atoms with van der Waals surface area (Å²) < 4.78 is 13.4. The van der Waals surface area contributed by atoms with Crippen LogP contribution in [0.15, 0.2) is 12.1 Å². The fourth-order valence-corrected chi connectivity index (χ4v) is 2.42. The minimum Gasteiger partial charge on any atom is -0.396 e. The number of nitro groups is 1. The van der Waals surface area contributed by atoms with Crippen molar-refractivity contribution in [2.75, 3.05) is 25.4 Å². The Labute approximate surface area is 120 Å². The number of anilines is 1. The van der Waals surface area contributed by atoms with Crippen molar-refractivity contribution >= 4 is 17.3 Å². The summed E-state index contributed by atoms with van der Waals surface area (Å²) in [6, 6.07) is 1.62. The first-order valence-corrected chi connectivity index (χ1v) is 6.57. The van der Waals surface area contributed by atoms with Gasteiger partial charge < -0.3 is 15.7 Å². The molecule has 114 valence electrons. The van der Waals surface area contributed by atoms with Crippen LogP contribution in [0.4, 0.5) is 15.8 Å². The molecule has 7 nitrogen and oxygen atoms in total. The number of nitro benzene ring substituents is 1. The molecule has 0 radical (unpaired) electrons. The summed E-state index contributed by atoms with van der Waals surface area (Å²) in [7, 11) is 0. The highest BCUT2D eigenvalue weighted by atomic mass is 19.1. The highest BCUT2D eigenvalue weighted by molar-refractivity contribution is 6.01.